The third kappa shape index (κ3) is 2.95. The molecule has 2 fully saturated rings. The molecule has 7 nitrogen and oxygen atoms in total. The van der Waals surface area contributed by atoms with Crippen molar-refractivity contribution in [3.05, 3.63) is 40.9 Å². The van der Waals surface area contributed by atoms with Crippen molar-refractivity contribution in [1.29, 1.82) is 0 Å². The van der Waals surface area contributed by atoms with Crippen LogP contribution < -0.4 is 21.5 Å². The van der Waals surface area contributed by atoms with Gasteiger partial charge in [-0.1, -0.05) is 6.92 Å². The van der Waals surface area contributed by atoms with Gasteiger partial charge in [0.05, 0.1) is 11.4 Å². The van der Waals surface area contributed by atoms with Crippen molar-refractivity contribution in [1.82, 2.24) is 19.9 Å². The molecule has 7 heteroatoms. The highest BCUT2D eigenvalue weighted by Crippen LogP contribution is 2.48. The minimum atomic E-state index is -0.275. The second kappa shape index (κ2) is 6.42. The number of aromatic nitrogens is 3. The second-order valence-electron chi connectivity index (χ2n) is 8.29. The highest BCUT2D eigenvalue weighted by Gasteiger charge is 2.53. The zero-order valence-corrected chi connectivity index (χ0v) is 16.3. The van der Waals surface area contributed by atoms with Gasteiger partial charge in [-0.3, -0.25) is 19.7 Å². The lowest BCUT2D eigenvalue weighted by molar-refractivity contribution is 0.0857. The van der Waals surface area contributed by atoms with E-state index in [-0.39, 0.29) is 16.6 Å². The molecular weight excluding hydrogens is 340 g/mol. The monoisotopic (exact) mass is 368 g/mol. The van der Waals surface area contributed by atoms with Gasteiger partial charge in [0.2, 0.25) is 5.95 Å². The second-order valence-corrected chi connectivity index (χ2v) is 8.29. The third-order valence-corrected chi connectivity index (χ3v) is 6.70. The number of fused-ring (bicyclic) bond motifs is 1. The molecule has 3 heterocycles. The molecule has 1 saturated heterocycles. The van der Waals surface area contributed by atoms with Crippen LogP contribution in [0.15, 0.2) is 35.4 Å². The number of pyridine rings is 1. The van der Waals surface area contributed by atoms with Crippen LogP contribution >= 0.6 is 0 Å². The van der Waals surface area contributed by atoms with E-state index in [2.05, 4.69) is 22.1 Å². The van der Waals surface area contributed by atoms with Crippen LogP contribution in [0.25, 0.3) is 11.3 Å². The summed E-state index contributed by atoms with van der Waals surface area (Å²) in [6.45, 7) is 3.25. The highest BCUT2D eigenvalue weighted by atomic mass is 16.1. The maximum Gasteiger partial charge on any atom is 0.255 e. The predicted molar refractivity (Wildman–Crippen MR) is 106 cm³/mol. The van der Waals surface area contributed by atoms with Crippen molar-refractivity contribution in [3.8, 4) is 11.3 Å². The van der Waals surface area contributed by atoms with Gasteiger partial charge in [0.25, 0.3) is 5.56 Å². The molecule has 3 atom stereocenters. The summed E-state index contributed by atoms with van der Waals surface area (Å²) in [4.78, 5) is 23.6. The number of nitrogens with one attached hydrogen (secondary N) is 1. The first-order chi connectivity index (χ1) is 12.8. The van der Waals surface area contributed by atoms with E-state index in [4.69, 9.17) is 10.7 Å². The number of rotatable bonds is 3. The molecule has 2 aromatic rings. The van der Waals surface area contributed by atoms with Crippen LogP contribution in [0.1, 0.15) is 32.6 Å². The summed E-state index contributed by atoms with van der Waals surface area (Å²) in [6, 6.07) is 5.64. The summed E-state index contributed by atoms with van der Waals surface area (Å²) in [5.41, 5.74) is 7.95. The molecule has 0 amide bonds. The van der Waals surface area contributed by atoms with Crippen molar-refractivity contribution < 1.29 is 0 Å². The Morgan fingerprint density at radius 3 is 2.81 bits per heavy atom. The molecule has 1 saturated carbocycles. The van der Waals surface area contributed by atoms with Gasteiger partial charge in [-0.25, -0.2) is 4.98 Å². The first kappa shape index (κ1) is 18.1. The topological polar surface area (TPSA) is 89.1 Å². The Morgan fingerprint density at radius 1 is 1.33 bits per heavy atom. The van der Waals surface area contributed by atoms with E-state index >= 15 is 0 Å². The Labute approximate surface area is 159 Å². The van der Waals surface area contributed by atoms with Crippen LogP contribution in [-0.4, -0.2) is 39.8 Å². The zero-order valence-electron chi connectivity index (χ0n) is 16.3. The summed E-state index contributed by atoms with van der Waals surface area (Å²) in [5, 5.41) is 3.51. The van der Waals surface area contributed by atoms with Gasteiger partial charge < -0.3 is 10.6 Å². The van der Waals surface area contributed by atoms with Gasteiger partial charge >= 0.3 is 0 Å². The molecule has 144 valence electrons. The van der Waals surface area contributed by atoms with Gasteiger partial charge in [0.15, 0.2) is 0 Å². The first-order valence-electron chi connectivity index (χ1n) is 9.58. The van der Waals surface area contributed by atoms with Crippen LogP contribution in [0.5, 0.6) is 0 Å². The van der Waals surface area contributed by atoms with Crippen molar-refractivity contribution >= 4 is 5.95 Å². The van der Waals surface area contributed by atoms with Crippen LogP contribution in [0.4, 0.5) is 5.95 Å². The number of nitrogens with two attached hydrogens (primary N) is 1. The quantitative estimate of drug-likeness (QED) is 0.853. The maximum atomic E-state index is 12.6. The molecule has 0 bridgehead atoms. The minimum absolute atomic E-state index is 0.0589. The molecule has 1 aliphatic carbocycles. The average Bonchev–Trinajstić information content (AvgIpc) is 2.98. The molecule has 2 aliphatic rings. The van der Waals surface area contributed by atoms with E-state index < -0.39 is 0 Å². The highest BCUT2D eigenvalue weighted by molar-refractivity contribution is 5.59. The lowest BCUT2D eigenvalue weighted by Crippen LogP contribution is -2.63. The Kier molecular flexibility index (Phi) is 4.31. The van der Waals surface area contributed by atoms with E-state index in [1.165, 1.54) is 0 Å². The van der Waals surface area contributed by atoms with E-state index in [1.807, 2.05) is 19.2 Å². The summed E-state index contributed by atoms with van der Waals surface area (Å²) < 4.78 is 1.63. The normalized spacial score (nSPS) is 30.1. The fourth-order valence-corrected chi connectivity index (χ4v) is 4.70. The van der Waals surface area contributed by atoms with E-state index in [0.717, 1.165) is 37.8 Å². The van der Waals surface area contributed by atoms with Crippen LogP contribution in [0.3, 0.4) is 0 Å². The van der Waals surface area contributed by atoms with Gasteiger partial charge in [0.1, 0.15) is 0 Å². The number of hydrogen-bond donors (Lipinski definition) is 2. The largest absolute Gasteiger partial charge is 0.342 e. The minimum Gasteiger partial charge on any atom is -0.342 e. The Bertz CT molecular complexity index is 897. The SMILES string of the molecule is CN(c1nc(-c2ccncc2)cc(=O)n1C)[C@H]1CC[C@@]2(N)NCC[C@@]2(C)C1. The molecule has 4 rings (SSSR count). The number of anilines is 1. The van der Waals surface area contributed by atoms with Crippen molar-refractivity contribution in [3.63, 3.8) is 0 Å². The van der Waals surface area contributed by atoms with Crippen LogP contribution in [-0.2, 0) is 7.05 Å². The Hall–Kier alpha value is -2.25. The smallest absolute Gasteiger partial charge is 0.255 e. The van der Waals surface area contributed by atoms with Crippen molar-refractivity contribution in [2.24, 2.45) is 18.2 Å². The molecule has 1 aliphatic heterocycles. The van der Waals surface area contributed by atoms with Crippen LogP contribution in [0.2, 0.25) is 0 Å². The molecule has 27 heavy (non-hydrogen) atoms. The lowest BCUT2D eigenvalue weighted by atomic mass is 9.66. The molecular formula is C20H28N6O. The van der Waals surface area contributed by atoms with Gasteiger partial charge in [-0.05, 0) is 44.4 Å². The summed E-state index contributed by atoms with van der Waals surface area (Å²) in [7, 11) is 3.82. The summed E-state index contributed by atoms with van der Waals surface area (Å²) >= 11 is 0. The average molecular weight is 368 g/mol. The Balaban J connectivity index is 1.67. The molecule has 0 unspecified atom stereocenters. The van der Waals surface area contributed by atoms with E-state index in [0.29, 0.717) is 17.7 Å². The van der Waals surface area contributed by atoms with Gasteiger partial charge in [-0.15, -0.1) is 0 Å². The number of nitrogens with zero attached hydrogens (tertiary/aromatic N) is 4. The predicted octanol–water partition coefficient (Wildman–Crippen LogP) is 1.49. The third-order valence-electron chi connectivity index (χ3n) is 6.70. The van der Waals surface area contributed by atoms with Gasteiger partial charge in [-0.2, -0.15) is 0 Å². The summed E-state index contributed by atoms with van der Waals surface area (Å²) in [6.07, 6.45) is 7.41. The molecule has 0 radical (unpaired) electrons. The lowest BCUT2D eigenvalue weighted by Gasteiger charge is -2.49. The first-order valence-corrected chi connectivity index (χ1v) is 9.58. The fourth-order valence-electron chi connectivity index (χ4n) is 4.70. The van der Waals surface area contributed by atoms with E-state index in [9.17, 15) is 4.79 Å². The van der Waals surface area contributed by atoms with Crippen LogP contribution in [0, 0.1) is 5.41 Å². The fraction of sp³-hybridized carbons (Fsp3) is 0.550. The molecule has 0 spiro atoms. The maximum absolute atomic E-state index is 12.6. The Morgan fingerprint density at radius 2 is 2.07 bits per heavy atom. The van der Waals surface area contributed by atoms with Gasteiger partial charge in [0, 0.05) is 49.6 Å². The number of hydrogen-bond acceptors (Lipinski definition) is 6. The zero-order chi connectivity index (χ0) is 19.2. The molecule has 0 aromatic carbocycles. The molecule has 2 aromatic heterocycles. The van der Waals surface area contributed by atoms with Crippen molar-refractivity contribution in [2.75, 3.05) is 18.5 Å². The standard InChI is InChI=1S/C20H28N6O/c1-19-8-11-23-20(19,21)7-4-15(13-19)25(2)18-24-16(12-17(27)26(18)3)14-5-9-22-10-6-14/h5-6,9-10,12,15,23H,4,7-8,11,13,21H2,1-3H3/t15-,19-,20+/m0/s1. The van der Waals surface area contributed by atoms with Crippen molar-refractivity contribution in [2.45, 2.75) is 44.3 Å². The molecule has 3 N–H and O–H groups in total. The van der Waals surface area contributed by atoms with E-state index in [1.54, 1.807) is 30.1 Å². The summed E-state index contributed by atoms with van der Waals surface area (Å²) in [5.74, 6) is 0.693.